The largest absolute Gasteiger partial charge is 0.381 e. The Labute approximate surface area is 164 Å². The maximum atomic E-state index is 5.80. The lowest BCUT2D eigenvalue weighted by atomic mass is 10.0. The zero-order valence-corrected chi connectivity index (χ0v) is 17.2. The Balaban J connectivity index is 1.58. The number of ether oxygens (including phenoxy) is 2. The number of nitrogens with zero attached hydrogens (tertiary/aromatic N) is 2. The van der Waals surface area contributed by atoms with E-state index in [0.717, 1.165) is 71.3 Å². The first-order valence-electron chi connectivity index (χ1n) is 10.00. The van der Waals surface area contributed by atoms with Crippen LogP contribution in [0.15, 0.2) is 29.3 Å². The first-order valence-corrected chi connectivity index (χ1v) is 10.00. The molecule has 0 unspecified atom stereocenters. The molecule has 0 bridgehead atoms. The second-order valence-electron chi connectivity index (χ2n) is 7.39. The lowest BCUT2D eigenvalue weighted by Crippen LogP contribution is -2.37. The van der Waals surface area contributed by atoms with Gasteiger partial charge in [-0.15, -0.1) is 0 Å². The molecule has 1 aliphatic rings. The summed E-state index contributed by atoms with van der Waals surface area (Å²) in [4.78, 5) is 6.47. The number of hydrogen-bond acceptors (Lipinski definition) is 4. The number of guanidine groups is 1. The van der Waals surface area contributed by atoms with Crippen LogP contribution in [0.4, 0.5) is 0 Å². The Morgan fingerprint density at radius 1 is 1.22 bits per heavy atom. The predicted octanol–water partition coefficient (Wildman–Crippen LogP) is 2.25. The number of aliphatic imine (C=N–C) groups is 1. The molecule has 1 aromatic carbocycles. The van der Waals surface area contributed by atoms with Gasteiger partial charge in [-0.25, -0.2) is 0 Å². The number of benzene rings is 1. The van der Waals surface area contributed by atoms with Gasteiger partial charge in [0.1, 0.15) is 0 Å². The van der Waals surface area contributed by atoms with Crippen LogP contribution in [0.3, 0.4) is 0 Å². The third-order valence-corrected chi connectivity index (χ3v) is 4.63. The molecule has 0 aromatic heterocycles. The van der Waals surface area contributed by atoms with E-state index in [0.29, 0.717) is 5.92 Å². The number of nitrogens with one attached hydrogen (secondary N) is 2. The van der Waals surface area contributed by atoms with Crippen LogP contribution in [0.1, 0.15) is 30.4 Å². The van der Waals surface area contributed by atoms with Crippen molar-refractivity contribution in [1.29, 1.82) is 0 Å². The van der Waals surface area contributed by atoms with E-state index in [1.165, 1.54) is 11.1 Å². The minimum absolute atomic E-state index is 0.671. The molecule has 1 aromatic rings. The zero-order valence-electron chi connectivity index (χ0n) is 17.2. The van der Waals surface area contributed by atoms with Gasteiger partial charge >= 0.3 is 0 Å². The molecule has 2 rings (SSSR count). The fourth-order valence-electron chi connectivity index (χ4n) is 3.15. The molecule has 0 spiro atoms. The van der Waals surface area contributed by atoms with Crippen molar-refractivity contribution in [3.8, 4) is 0 Å². The molecular weight excluding hydrogens is 340 g/mol. The summed E-state index contributed by atoms with van der Waals surface area (Å²) in [5.41, 5.74) is 2.58. The summed E-state index contributed by atoms with van der Waals surface area (Å²) in [6, 6.07) is 8.66. The molecule has 2 N–H and O–H groups in total. The van der Waals surface area contributed by atoms with Crippen LogP contribution in [0.5, 0.6) is 0 Å². The van der Waals surface area contributed by atoms with Crippen LogP contribution in [-0.4, -0.2) is 65.0 Å². The van der Waals surface area contributed by atoms with Crippen molar-refractivity contribution in [1.82, 2.24) is 15.5 Å². The summed E-state index contributed by atoms with van der Waals surface area (Å²) < 4.78 is 11.2. The van der Waals surface area contributed by atoms with Gasteiger partial charge in [0.05, 0.1) is 0 Å². The lowest BCUT2D eigenvalue weighted by Gasteiger charge is -2.21. The predicted molar refractivity (Wildman–Crippen MR) is 111 cm³/mol. The van der Waals surface area contributed by atoms with Crippen molar-refractivity contribution < 1.29 is 9.47 Å². The van der Waals surface area contributed by atoms with E-state index < -0.39 is 0 Å². The summed E-state index contributed by atoms with van der Waals surface area (Å²) in [5, 5.41) is 6.74. The van der Waals surface area contributed by atoms with Crippen molar-refractivity contribution in [2.24, 2.45) is 10.9 Å². The Morgan fingerprint density at radius 3 is 2.74 bits per heavy atom. The van der Waals surface area contributed by atoms with E-state index in [2.05, 4.69) is 58.9 Å². The van der Waals surface area contributed by atoms with E-state index in [4.69, 9.17) is 9.47 Å². The summed E-state index contributed by atoms with van der Waals surface area (Å²) in [7, 11) is 5.98. The SMILES string of the molecule is CN=C(NCCCOCC1CCOCC1)NCc1cccc(CN(C)C)c1. The highest BCUT2D eigenvalue weighted by atomic mass is 16.5. The smallest absolute Gasteiger partial charge is 0.191 e. The third kappa shape index (κ3) is 9.22. The van der Waals surface area contributed by atoms with Gasteiger partial charge in [-0.05, 0) is 50.4 Å². The zero-order chi connectivity index (χ0) is 19.3. The van der Waals surface area contributed by atoms with Gasteiger partial charge in [-0.2, -0.15) is 0 Å². The highest BCUT2D eigenvalue weighted by molar-refractivity contribution is 5.79. The average molecular weight is 377 g/mol. The molecule has 6 heteroatoms. The van der Waals surface area contributed by atoms with E-state index in [1.54, 1.807) is 7.05 Å². The molecule has 1 saturated heterocycles. The van der Waals surface area contributed by atoms with Gasteiger partial charge in [0.2, 0.25) is 0 Å². The Bertz CT molecular complexity index is 557. The van der Waals surface area contributed by atoms with Crippen molar-refractivity contribution in [3.05, 3.63) is 35.4 Å². The van der Waals surface area contributed by atoms with Gasteiger partial charge < -0.3 is 25.0 Å². The first-order chi connectivity index (χ1) is 13.2. The fourth-order valence-corrected chi connectivity index (χ4v) is 3.15. The summed E-state index contributed by atoms with van der Waals surface area (Å²) in [6.07, 6.45) is 3.23. The van der Waals surface area contributed by atoms with Crippen LogP contribution < -0.4 is 10.6 Å². The van der Waals surface area contributed by atoms with E-state index in [1.807, 2.05) is 0 Å². The maximum Gasteiger partial charge on any atom is 0.191 e. The summed E-state index contributed by atoms with van der Waals surface area (Å²) in [6.45, 7) is 5.99. The van der Waals surface area contributed by atoms with Gasteiger partial charge in [0.25, 0.3) is 0 Å². The van der Waals surface area contributed by atoms with Crippen LogP contribution in [0.25, 0.3) is 0 Å². The fraction of sp³-hybridized carbons (Fsp3) is 0.667. The van der Waals surface area contributed by atoms with Crippen LogP contribution >= 0.6 is 0 Å². The minimum atomic E-state index is 0.671. The highest BCUT2D eigenvalue weighted by Gasteiger charge is 2.13. The monoisotopic (exact) mass is 376 g/mol. The maximum absolute atomic E-state index is 5.80. The minimum Gasteiger partial charge on any atom is -0.381 e. The molecule has 152 valence electrons. The van der Waals surface area contributed by atoms with E-state index in [-0.39, 0.29) is 0 Å². The molecule has 0 radical (unpaired) electrons. The second kappa shape index (κ2) is 12.7. The van der Waals surface area contributed by atoms with E-state index in [9.17, 15) is 0 Å². The highest BCUT2D eigenvalue weighted by Crippen LogP contribution is 2.14. The Hall–Kier alpha value is -1.63. The number of hydrogen-bond donors (Lipinski definition) is 2. The first kappa shape index (κ1) is 21.7. The summed E-state index contributed by atoms with van der Waals surface area (Å²) >= 11 is 0. The standard InChI is InChI=1S/C21H36N4O2/c1-22-21(23-10-5-11-27-17-18-8-12-26-13-9-18)24-15-19-6-4-7-20(14-19)16-25(2)3/h4,6-7,14,18H,5,8-13,15-17H2,1-3H3,(H2,22,23,24). The molecule has 0 saturated carbocycles. The van der Waals surface area contributed by atoms with Crippen molar-refractivity contribution in [2.75, 3.05) is 54.1 Å². The quantitative estimate of drug-likeness (QED) is 0.373. The van der Waals surface area contributed by atoms with Gasteiger partial charge in [0, 0.05) is 53.1 Å². The van der Waals surface area contributed by atoms with Crippen LogP contribution in [0, 0.1) is 5.92 Å². The van der Waals surface area contributed by atoms with Crippen molar-refractivity contribution in [2.45, 2.75) is 32.4 Å². The normalized spacial score (nSPS) is 15.9. The molecule has 1 heterocycles. The molecule has 0 aliphatic carbocycles. The number of rotatable bonds is 10. The van der Waals surface area contributed by atoms with Gasteiger partial charge in [-0.3, -0.25) is 4.99 Å². The van der Waals surface area contributed by atoms with E-state index >= 15 is 0 Å². The van der Waals surface area contributed by atoms with Gasteiger partial charge in [0.15, 0.2) is 5.96 Å². The van der Waals surface area contributed by atoms with Crippen LogP contribution in [0.2, 0.25) is 0 Å². The molecule has 1 aliphatic heterocycles. The molecule has 6 nitrogen and oxygen atoms in total. The molecule has 1 fully saturated rings. The Morgan fingerprint density at radius 2 is 2.00 bits per heavy atom. The molecule has 27 heavy (non-hydrogen) atoms. The average Bonchev–Trinajstić information content (AvgIpc) is 2.67. The lowest BCUT2D eigenvalue weighted by molar-refractivity contribution is 0.0203. The van der Waals surface area contributed by atoms with Gasteiger partial charge in [-0.1, -0.05) is 24.3 Å². The molecule has 0 atom stereocenters. The van der Waals surface area contributed by atoms with Crippen molar-refractivity contribution >= 4 is 5.96 Å². The van der Waals surface area contributed by atoms with Crippen LogP contribution in [-0.2, 0) is 22.6 Å². The topological polar surface area (TPSA) is 58.1 Å². The van der Waals surface area contributed by atoms with Crippen molar-refractivity contribution in [3.63, 3.8) is 0 Å². The molecule has 0 amide bonds. The third-order valence-electron chi connectivity index (χ3n) is 4.63. The molecular formula is C21H36N4O2. The summed E-state index contributed by atoms with van der Waals surface area (Å²) in [5.74, 6) is 1.50. The Kier molecular flexibility index (Phi) is 10.2. The second-order valence-corrected chi connectivity index (χ2v) is 7.39.